The second-order valence-electron chi connectivity index (χ2n) is 6.10. The predicted octanol–water partition coefficient (Wildman–Crippen LogP) is 2.83. The number of halogens is 1. The van der Waals surface area contributed by atoms with Crippen LogP contribution < -0.4 is 16.0 Å². The Morgan fingerprint density at radius 3 is 2.15 bits per heavy atom. The number of amides is 3. The Hall–Kier alpha value is -2.86. The number of anilines is 1. The molecule has 0 atom stereocenters. The van der Waals surface area contributed by atoms with Gasteiger partial charge in [-0.1, -0.05) is 29.8 Å². The number of hydrogen-bond acceptors (Lipinski definition) is 3. The van der Waals surface area contributed by atoms with Gasteiger partial charge in [-0.05, 0) is 49.2 Å². The van der Waals surface area contributed by atoms with Crippen LogP contribution in [0.4, 0.5) is 5.69 Å². The van der Waals surface area contributed by atoms with Gasteiger partial charge >= 0.3 is 0 Å². The monoisotopic (exact) mass is 387 g/mol. The van der Waals surface area contributed by atoms with E-state index in [2.05, 4.69) is 16.0 Å². The van der Waals surface area contributed by atoms with Crippen molar-refractivity contribution in [2.75, 3.05) is 18.4 Å². The van der Waals surface area contributed by atoms with Crippen LogP contribution in [0.2, 0.25) is 5.02 Å². The first-order valence-corrected chi connectivity index (χ1v) is 8.91. The molecule has 0 radical (unpaired) electrons. The Kier molecular flexibility index (Phi) is 7.37. The van der Waals surface area contributed by atoms with E-state index in [0.717, 1.165) is 16.8 Å². The standard InChI is InChI=1S/C20H22ClN3O3/c1-13-4-3-5-14(2)19(13)24-18(26)12-23-17(25)10-11-22-20(27)15-6-8-16(21)9-7-15/h3-9H,10-12H2,1-2H3,(H,22,27)(H,23,25)(H,24,26). The molecule has 0 aromatic heterocycles. The van der Waals surface area contributed by atoms with Crippen molar-refractivity contribution in [1.82, 2.24) is 10.6 Å². The van der Waals surface area contributed by atoms with Gasteiger partial charge in [-0.2, -0.15) is 0 Å². The van der Waals surface area contributed by atoms with Crippen LogP contribution in [0, 0.1) is 13.8 Å². The highest BCUT2D eigenvalue weighted by Gasteiger charge is 2.10. The maximum atomic E-state index is 12.0. The number of carbonyl (C=O) groups is 3. The molecule has 0 heterocycles. The van der Waals surface area contributed by atoms with Crippen LogP contribution in [0.3, 0.4) is 0 Å². The summed E-state index contributed by atoms with van der Waals surface area (Å²) in [6.45, 7) is 3.86. The SMILES string of the molecule is Cc1cccc(C)c1NC(=O)CNC(=O)CCNC(=O)c1ccc(Cl)cc1. The second kappa shape index (κ2) is 9.73. The number of carbonyl (C=O) groups excluding carboxylic acids is 3. The molecule has 0 unspecified atom stereocenters. The van der Waals surface area contributed by atoms with Gasteiger partial charge in [-0.25, -0.2) is 0 Å². The molecule has 0 aliphatic heterocycles. The zero-order valence-corrected chi connectivity index (χ0v) is 16.0. The van der Waals surface area contributed by atoms with Crippen molar-refractivity contribution in [3.8, 4) is 0 Å². The first-order valence-electron chi connectivity index (χ1n) is 8.53. The Labute approximate surface area is 163 Å². The molecule has 0 bridgehead atoms. The molecule has 7 heteroatoms. The molecular weight excluding hydrogens is 366 g/mol. The fourth-order valence-electron chi connectivity index (χ4n) is 2.46. The van der Waals surface area contributed by atoms with Crippen LogP contribution in [0.5, 0.6) is 0 Å². The number of nitrogens with one attached hydrogen (secondary N) is 3. The van der Waals surface area contributed by atoms with E-state index in [1.54, 1.807) is 24.3 Å². The Bertz CT molecular complexity index is 815. The lowest BCUT2D eigenvalue weighted by atomic mass is 10.1. The first kappa shape index (κ1) is 20.5. The van der Waals surface area contributed by atoms with Crippen LogP contribution in [0.25, 0.3) is 0 Å². The fourth-order valence-corrected chi connectivity index (χ4v) is 2.58. The number of benzene rings is 2. The summed E-state index contributed by atoms with van der Waals surface area (Å²) in [4.78, 5) is 35.8. The average Bonchev–Trinajstić information content (AvgIpc) is 2.63. The molecule has 0 spiro atoms. The summed E-state index contributed by atoms with van der Waals surface area (Å²) in [5.74, 6) is -0.902. The molecular formula is C20H22ClN3O3. The van der Waals surface area contributed by atoms with E-state index in [0.29, 0.717) is 10.6 Å². The molecule has 6 nitrogen and oxygen atoms in total. The maximum Gasteiger partial charge on any atom is 0.251 e. The van der Waals surface area contributed by atoms with Gasteiger partial charge in [0, 0.05) is 29.2 Å². The molecule has 0 aliphatic carbocycles. The first-order chi connectivity index (χ1) is 12.9. The lowest BCUT2D eigenvalue weighted by Gasteiger charge is -2.12. The van der Waals surface area contributed by atoms with E-state index in [1.165, 1.54) is 0 Å². The highest BCUT2D eigenvalue weighted by atomic mass is 35.5. The largest absolute Gasteiger partial charge is 0.352 e. The summed E-state index contributed by atoms with van der Waals surface area (Å²) in [7, 11) is 0. The Morgan fingerprint density at radius 2 is 1.52 bits per heavy atom. The molecule has 0 fully saturated rings. The zero-order valence-electron chi connectivity index (χ0n) is 15.3. The summed E-state index contributed by atoms with van der Waals surface area (Å²) >= 11 is 5.77. The summed E-state index contributed by atoms with van der Waals surface area (Å²) < 4.78 is 0. The molecule has 0 saturated heterocycles. The van der Waals surface area contributed by atoms with Crippen molar-refractivity contribution >= 4 is 35.0 Å². The third-order valence-electron chi connectivity index (χ3n) is 3.94. The van der Waals surface area contributed by atoms with E-state index in [1.807, 2.05) is 32.0 Å². The minimum Gasteiger partial charge on any atom is -0.352 e. The van der Waals surface area contributed by atoms with E-state index >= 15 is 0 Å². The van der Waals surface area contributed by atoms with Crippen LogP contribution in [0.1, 0.15) is 27.9 Å². The minimum absolute atomic E-state index is 0.0794. The minimum atomic E-state index is -0.317. The third-order valence-corrected chi connectivity index (χ3v) is 4.19. The van der Waals surface area contributed by atoms with E-state index in [4.69, 9.17) is 11.6 Å². The van der Waals surface area contributed by atoms with Gasteiger partial charge in [-0.3, -0.25) is 14.4 Å². The van der Waals surface area contributed by atoms with Crippen LogP contribution >= 0.6 is 11.6 Å². The van der Waals surface area contributed by atoms with Gasteiger partial charge in [0.2, 0.25) is 11.8 Å². The fraction of sp³-hybridized carbons (Fsp3) is 0.250. The van der Waals surface area contributed by atoms with Crippen molar-refractivity contribution in [2.24, 2.45) is 0 Å². The predicted molar refractivity (Wildman–Crippen MR) is 106 cm³/mol. The Balaban J connectivity index is 1.70. The molecule has 27 heavy (non-hydrogen) atoms. The molecule has 2 rings (SSSR count). The number of para-hydroxylation sites is 1. The topological polar surface area (TPSA) is 87.3 Å². The summed E-state index contributed by atoms with van der Waals surface area (Å²) in [6.07, 6.45) is 0.0794. The van der Waals surface area contributed by atoms with Crippen LogP contribution in [-0.2, 0) is 9.59 Å². The highest BCUT2D eigenvalue weighted by molar-refractivity contribution is 6.30. The van der Waals surface area contributed by atoms with Gasteiger partial charge in [0.15, 0.2) is 0 Å². The molecule has 142 valence electrons. The summed E-state index contributed by atoms with van der Waals surface area (Å²) in [6, 6.07) is 12.2. The number of hydrogen-bond donors (Lipinski definition) is 3. The van der Waals surface area contributed by atoms with E-state index < -0.39 is 0 Å². The van der Waals surface area contributed by atoms with Crippen molar-refractivity contribution in [3.63, 3.8) is 0 Å². The average molecular weight is 388 g/mol. The smallest absolute Gasteiger partial charge is 0.251 e. The Morgan fingerprint density at radius 1 is 0.889 bits per heavy atom. The second-order valence-corrected chi connectivity index (χ2v) is 6.54. The van der Waals surface area contributed by atoms with Crippen molar-refractivity contribution in [1.29, 1.82) is 0 Å². The lowest BCUT2D eigenvalue weighted by molar-refractivity contribution is -0.124. The van der Waals surface area contributed by atoms with Crippen molar-refractivity contribution in [2.45, 2.75) is 20.3 Å². The maximum absolute atomic E-state index is 12.0. The van der Waals surface area contributed by atoms with Gasteiger partial charge in [0.05, 0.1) is 6.54 Å². The van der Waals surface area contributed by atoms with Gasteiger partial charge in [-0.15, -0.1) is 0 Å². The van der Waals surface area contributed by atoms with Crippen LogP contribution in [-0.4, -0.2) is 30.8 Å². The quantitative estimate of drug-likeness (QED) is 0.682. The van der Waals surface area contributed by atoms with E-state index in [9.17, 15) is 14.4 Å². The number of aryl methyl sites for hydroxylation is 2. The summed E-state index contributed by atoms with van der Waals surface area (Å²) in [5, 5.41) is 8.54. The van der Waals surface area contributed by atoms with Gasteiger partial charge in [0.1, 0.15) is 0 Å². The normalized spacial score (nSPS) is 10.2. The molecule has 2 aromatic carbocycles. The zero-order chi connectivity index (χ0) is 19.8. The van der Waals surface area contributed by atoms with E-state index in [-0.39, 0.29) is 37.2 Å². The highest BCUT2D eigenvalue weighted by Crippen LogP contribution is 2.18. The molecule has 2 aromatic rings. The third kappa shape index (κ3) is 6.42. The molecule has 0 saturated carbocycles. The summed E-state index contributed by atoms with van der Waals surface area (Å²) in [5.41, 5.74) is 3.14. The lowest BCUT2D eigenvalue weighted by Crippen LogP contribution is -2.35. The molecule has 3 N–H and O–H groups in total. The van der Waals surface area contributed by atoms with Crippen LogP contribution in [0.15, 0.2) is 42.5 Å². The number of rotatable bonds is 7. The van der Waals surface area contributed by atoms with Crippen molar-refractivity contribution in [3.05, 3.63) is 64.2 Å². The molecule has 0 aliphatic rings. The van der Waals surface area contributed by atoms with Gasteiger partial charge < -0.3 is 16.0 Å². The molecule has 3 amide bonds. The van der Waals surface area contributed by atoms with Crippen molar-refractivity contribution < 1.29 is 14.4 Å². The van der Waals surface area contributed by atoms with Gasteiger partial charge in [0.25, 0.3) is 5.91 Å².